The molecular formula is C15H22N2O. The molecule has 2 aliphatic rings. The summed E-state index contributed by atoms with van der Waals surface area (Å²) in [6.07, 6.45) is 7.38. The van der Waals surface area contributed by atoms with Gasteiger partial charge in [0.05, 0.1) is 0 Å². The Morgan fingerprint density at radius 1 is 1.44 bits per heavy atom. The van der Waals surface area contributed by atoms with E-state index in [1.165, 1.54) is 37.7 Å². The van der Waals surface area contributed by atoms with Crippen LogP contribution in [-0.4, -0.2) is 11.0 Å². The maximum atomic E-state index is 11.3. The van der Waals surface area contributed by atoms with Crippen LogP contribution in [-0.2, 0) is 6.42 Å². The molecule has 1 heterocycles. The van der Waals surface area contributed by atoms with Crippen molar-refractivity contribution in [1.29, 1.82) is 0 Å². The van der Waals surface area contributed by atoms with Gasteiger partial charge in [-0.05, 0) is 43.6 Å². The van der Waals surface area contributed by atoms with Gasteiger partial charge in [0.25, 0.3) is 0 Å². The maximum absolute atomic E-state index is 11.3. The first-order valence-electron chi connectivity index (χ1n) is 7.26. The predicted molar refractivity (Wildman–Crippen MR) is 72.7 cm³/mol. The number of fused-ring (bicyclic) bond motifs is 1. The van der Waals surface area contributed by atoms with E-state index in [1.54, 1.807) is 6.07 Å². The molecule has 3 nitrogen and oxygen atoms in total. The summed E-state index contributed by atoms with van der Waals surface area (Å²) in [7, 11) is 0. The number of H-pyrrole nitrogens is 1. The van der Waals surface area contributed by atoms with Crippen molar-refractivity contribution in [3.63, 3.8) is 0 Å². The first kappa shape index (κ1) is 12.0. The molecule has 0 bridgehead atoms. The SMILES string of the molecule is CCCC1CC1NC1CCCc2[nH]c(=O)ccc21. The zero-order valence-corrected chi connectivity index (χ0v) is 11.0. The number of nitrogens with one attached hydrogen (secondary N) is 2. The molecule has 1 saturated carbocycles. The summed E-state index contributed by atoms with van der Waals surface area (Å²) in [5.41, 5.74) is 2.51. The Balaban J connectivity index is 1.70. The summed E-state index contributed by atoms with van der Waals surface area (Å²) >= 11 is 0. The molecule has 2 aliphatic carbocycles. The summed E-state index contributed by atoms with van der Waals surface area (Å²) in [4.78, 5) is 14.3. The Hall–Kier alpha value is -1.09. The predicted octanol–water partition coefficient (Wildman–Crippen LogP) is 2.53. The Bertz CT molecular complexity index is 480. The standard InChI is InChI=1S/C15H22N2O/c1-2-4-10-9-14(10)16-12-5-3-6-13-11(12)7-8-15(18)17-13/h7-8,10,12,14,16H,2-6,9H2,1H3,(H,17,18). The maximum Gasteiger partial charge on any atom is 0.248 e. The number of pyridine rings is 1. The number of hydrogen-bond acceptors (Lipinski definition) is 2. The van der Waals surface area contributed by atoms with Crippen LogP contribution in [0.2, 0.25) is 0 Å². The van der Waals surface area contributed by atoms with Crippen molar-refractivity contribution in [2.24, 2.45) is 5.92 Å². The zero-order chi connectivity index (χ0) is 12.5. The third-order valence-electron chi connectivity index (χ3n) is 4.33. The lowest BCUT2D eigenvalue weighted by molar-refractivity contribution is 0.437. The van der Waals surface area contributed by atoms with Crippen molar-refractivity contribution >= 4 is 0 Å². The van der Waals surface area contributed by atoms with Crippen LogP contribution in [0, 0.1) is 5.92 Å². The molecule has 0 aromatic carbocycles. The molecule has 98 valence electrons. The highest BCUT2D eigenvalue weighted by molar-refractivity contribution is 5.26. The summed E-state index contributed by atoms with van der Waals surface area (Å²) in [5.74, 6) is 0.892. The van der Waals surface area contributed by atoms with Crippen molar-refractivity contribution in [1.82, 2.24) is 10.3 Å². The van der Waals surface area contributed by atoms with Crippen LogP contribution in [0.3, 0.4) is 0 Å². The van der Waals surface area contributed by atoms with E-state index in [0.717, 1.165) is 18.0 Å². The van der Waals surface area contributed by atoms with Gasteiger partial charge in [0.1, 0.15) is 0 Å². The molecule has 0 spiro atoms. The lowest BCUT2D eigenvalue weighted by Crippen LogP contribution is -2.29. The van der Waals surface area contributed by atoms with Crippen LogP contribution in [0.25, 0.3) is 0 Å². The number of aromatic nitrogens is 1. The van der Waals surface area contributed by atoms with Gasteiger partial charge in [-0.1, -0.05) is 19.4 Å². The summed E-state index contributed by atoms with van der Waals surface area (Å²) in [6.45, 7) is 2.26. The molecule has 3 rings (SSSR count). The Kier molecular flexibility index (Phi) is 3.25. The van der Waals surface area contributed by atoms with Crippen molar-refractivity contribution in [3.8, 4) is 0 Å². The molecular weight excluding hydrogens is 224 g/mol. The van der Waals surface area contributed by atoms with Crippen molar-refractivity contribution in [3.05, 3.63) is 33.7 Å². The van der Waals surface area contributed by atoms with Crippen molar-refractivity contribution in [2.45, 2.75) is 57.5 Å². The smallest absolute Gasteiger partial charge is 0.248 e. The van der Waals surface area contributed by atoms with Gasteiger partial charge in [0.2, 0.25) is 5.56 Å². The molecule has 1 aromatic rings. The molecule has 3 unspecified atom stereocenters. The molecule has 0 radical (unpaired) electrons. The summed E-state index contributed by atoms with van der Waals surface area (Å²) < 4.78 is 0. The molecule has 3 atom stereocenters. The van der Waals surface area contributed by atoms with Gasteiger partial charge in [-0.3, -0.25) is 4.79 Å². The molecule has 1 fully saturated rings. The molecule has 0 amide bonds. The number of aromatic amines is 1. The normalized spacial score (nSPS) is 29.9. The largest absolute Gasteiger partial charge is 0.326 e. The van der Waals surface area contributed by atoms with Crippen LogP contribution < -0.4 is 10.9 Å². The van der Waals surface area contributed by atoms with Gasteiger partial charge < -0.3 is 10.3 Å². The fourth-order valence-electron chi connectivity index (χ4n) is 3.27. The second kappa shape index (κ2) is 4.88. The highest BCUT2D eigenvalue weighted by atomic mass is 16.1. The van der Waals surface area contributed by atoms with Gasteiger partial charge >= 0.3 is 0 Å². The first-order chi connectivity index (χ1) is 8.78. The fraction of sp³-hybridized carbons (Fsp3) is 0.667. The van der Waals surface area contributed by atoms with E-state index in [9.17, 15) is 4.79 Å². The van der Waals surface area contributed by atoms with Gasteiger partial charge in [-0.2, -0.15) is 0 Å². The monoisotopic (exact) mass is 246 g/mol. The number of aryl methyl sites for hydroxylation is 1. The average Bonchev–Trinajstić information content (AvgIpc) is 3.08. The third-order valence-corrected chi connectivity index (χ3v) is 4.33. The van der Waals surface area contributed by atoms with Gasteiger partial charge in [-0.25, -0.2) is 0 Å². The van der Waals surface area contributed by atoms with E-state index in [2.05, 4.69) is 17.2 Å². The van der Waals surface area contributed by atoms with E-state index in [1.807, 2.05) is 6.07 Å². The molecule has 2 N–H and O–H groups in total. The van der Waals surface area contributed by atoms with Crippen LogP contribution in [0.4, 0.5) is 0 Å². The second-order valence-electron chi connectivity index (χ2n) is 5.76. The topological polar surface area (TPSA) is 44.9 Å². The van der Waals surface area contributed by atoms with Gasteiger partial charge in [-0.15, -0.1) is 0 Å². The molecule has 3 heteroatoms. The van der Waals surface area contributed by atoms with Crippen LogP contribution in [0.15, 0.2) is 16.9 Å². The Morgan fingerprint density at radius 3 is 3.17 bits per heavy atom. The van der Waals surface area contributed by atoms with Gasteiger partial charge in [0.15, 0.2) is 0 Å². The highest BCUT2D eigenvalue weighted by Gasteiger charge is 2.38. The summed E-state index contributed by atoms with van der Waals surface area (Å²) in [6, 6.07) is 4.85. The lowest BCUT2D eigenvalue weighted by atomic mass is 9.91. The van der Waals surface area contributed by atoms with E-state index >= 15 is 0 Å². The Morgan fingerprint density at radius 2 is 2.33 bits per heavy atom. The van der Waals surface area contributed by atoms with Crippen molar-refractivity contribution < 1.29 is 0 Å². The average molecular weight is 246 g/mol. The van der Waals surface area contributed by atoms with E-state index in [4.69, 9.17) is 0 Å². The molecule has 18 heavy (non-hydrogen) atoms. The first-order valence-corrected chi connectivity index (χ1v) is 7.26. The minimum atomic E-state index is 0.0321. The van der Waals surface area contributed by atoms with Gasteiger partial charge in [0, 0.05) is 23.8 Å². The minimum Gasteiger partial charge on any atom is -0.326 e. The fourth-order valence-corrected chi connectivity index (χ4v) is 3.27. The molecule has 0 saturated heterocycles. The number of hydrogen-bond donors (Lipinski definition) is 2. The molecule has 0 aliphatic heterocycles. The summed E-state index contributed by atoms with van der Waals surface area (Å²) in [5, 5.41) is 3.78. The van der Waals surface area contributed by atoms with Crippen LogP contribution >= 0.6 is 0 Å². The quantitative estimate of drug-likeness (QED) is 0.857. The Labute approximate surface area is 108 Å². The van der Waals surface area contributed by atoms with Crippen LogP contribution in [0.1, 0.15) is 56.3 Å². The van der Waals surface area contributed by atoms with E-state index in [0.29, 0.717) is 12.1 Å². The van der Waals surface area contributed by atoms with E-state index in [-0.39, 0.29) is 5.56 Å². The molecule has 1 aromatic heterocycles. The second-order valence-corrected chi connectivity index (χ2v) is 5.76. The third kappa shape index (κ3) is 2.37. The van der Waals surface area contributed by atoms with E-state index < -0.39 is 0 Å². The van der Waals surface area contributed by atoms with Crippen LogP contribution in [0.5, 0.6) is 0 Å². The minimum absolute atomic E-state index is 0.0321. The number of rotatable bonds is 4. The highest BCUT2D eigenvalue weighted by Crippen LogP contribution is 2.38. The lowest BCUT2D eigenvalue weighted by Gasteiger charge is -2.26. The zero-order valence-electron chi connectivity index (χ0n) is 11.0. The van der Waals surface area contributed by atoms with Crippen molar-refractivity contribution in [2.75, 3.05) is 0 Å².